The average Bonchev–Trinajstić information content (AvgIpc) is 2.66. The van der Waals surface area contributed by atoms with E-state index in [0.29, 0.717) is 5.92 Å². The summed E-state index contributed by atoms with van der Waals surface area (Å²) in [6, 6.07) is 14.1. The van der Waals surface area contributed by atoms with E-state index in [1.807, 2.05) is 38.1 Å². The van der Waals surface area contributed by atoms with Crippen LogP contribution in [0.1, 0.15) is 55.4 Å². The predicted octanol–water partition coefficient (Wildman–Crippen LogP) is 5.57. The van der Waals surface area contributed by atoms with Gasteiger partial charge in [0.1, 0.15) is 11.6 Å². The molecule has 2 aromatic rings. The van der Waals surface area contributed by atoms with Gasteiger partial charge in [0.15, 0.2) is 0 Å². The predicted molar refractivity (Wildman–Crippen MR) is 120 cm³/mol. The highest BCUT2D eigenvalue weighted by Gasteiger charge is 2.33. The van der Waals surface area contributed by atoms with Crippen molar-refractivity contribution < 1.29 is 4.79 Å². The molecule has 3 rings (SSSR count). The van der Waals surface area contributed by atoms with E-state index >= 15 is 0 Å². The molecule has 0 saturated heterocycles. The van der Waals surface area contributed by atoms with Crippen LogP contribution in [0.15, 0.2) is 42.0 Å². The van der Waals surface area contributed by atoms with Gasteiger partial charge in [-0.25, -0.2) is 0 Å². The standard InChI is InChI=1S/C25H29N3O/c1-16-7-9-22(17(2)11-16)27-24(29)20(15-26)12-19-8-10-23-21(13-19)18(3)14-25(4,5)28(23)6/h7-13,18H,14H2,1-6H3,(H,27,29)/b20-12-/t18-/m0/s1. The molecule has 1 aliphatic heterocycles. The summed E-state index contributed by atoms with van der Waals surface area (Å²) in [7, 11) is 2.12. The van der Waals surface area contributed by atoms with Gasteiger partial charge in [-0.2, -0.15) is 5.26 Å². The van der Waals surface area contributed by atoms with E-state index in [9.17, 15) is 10.1 Å². The first-order valence-electron chi connectivity index (χ1n) is 10.0. The molecule has 2 aromatic carbocycles. The lowest BCUT2D eigenvalue weighted by molar-refractivity contribution is -0.112. The number of nitriles is 1. The van der Waals surface area contributed by atoms with Gasteiger partial charge in [0.05, 0.1) is 0 Å². The van der Waals surface area contributed by atoms with Crippen LogP contribution in [-0.2, 0) is 4.79 Å². The molecule has 4 nitrogen and oxygen atoms in total. The molecule has 1 aliphatic rings. The van der Waals surface area contributed by atoms with Crippen molar-refractivity contribution in [3.05, 3.63) is 64.2 Å². The zero-order chi connectivity index (χ0) is 21.3. The van der Waals surface area contributed by atoms with Crippen LogP contribution in [0, 0.1) is 25.2 Å². The Hall–Kier alpha value is -3.06. The molecule has 0 aliphatic carbocycles. The van der Waals surface area contributed by atoms with Crippen molar-refractivity contribution in [2.45, 2.75) is 52.5 Å². The molecule has 0 radical (unpaired) electrons. The van der Waals surface area contributed by atoms with Crippen molar-refractivity contribution in [1.82, 2.24) is 0 Å². The molecule has 0 bridgehead atoms. The van der Waals surface area contributed by atoms with Crippen molar-refractivity contribution in [2.75, 3.05) is 17.3 Å². The van der Waals surface area contributed by atoms with Gasteiger partial charge >= 0.3 is 0 Å². The third-order valence-corrected chi connectivity index (χ3v) is 5.96. The number of anilines is 2. The average molecular weight is 388 g/mol. The number of carbonyl (C=O) groups excluding carboxylic acids is 1. The minimum Gasteiger partial charge on any atom is -0.369 e. The first-order valence-corrected chi connectivity index (χ1v) is 10.0. The maximum Gasteiger partial charge on any atom is 0.266 e. The highest BCUT2D eigenvalue weighted by molar-refractivity contribution is 6.10. The van der Waals surface area contributed by atoms with Crippen LogP contribution in [0.2, 0.25) is 0 Å². The number of aryl methyl sites for hydroxylation is 2. The summed E-state index contributed by atoms with van der Waals surface area (Å²) >= 11 is 0. The number of carbonyl (C=O) groups is 1. The Morgan fingerprint density at radius 2 is 1.97 bits per heavy atom. The van der Waals surface area contributed by atoms with E-state index in [2.05, 4.69) is 56.2 Å². The monoisotopic (exact) mass is 387 g/mol. The number of fused-ring (bicyclic) bond motifs is 1. The summed E-state index contributed by atoms with van der Waals surface area (Å²) in [5, 5.41) is 12.4. The van der Waals surface area contributed by atoms with Crippen molar-refractivity contribution in [3.63, 3.8) is 0 Å². The first kappa shape index (κ1) is 20.7. The van der Waals surface area contributed by atoms with Gasteiger partial charge in [-0.3, -0.25) is 4.79 Å². The number of hydrogen-bond donors (Lipinski definition) is 1. The molecule has 1 atom stereocenters. The number of rotatable bonds is 3. The lowest BCUT2D eigenvalue weighted by Crippen LogP contribution is -2.45. The lowest BCUT2D eigenvalue weighted by Gasteiger charge is -2.45. The maximum atomic E-state index is 12.7. The minimum atomic E-state index is -0.386. The third-order valence-electron chi connectivity index (χ3n) is 5.96. The van der Waals surface area contributed by atoms with Crippen LogP contribution in [0.3, 0.4) is 0 Å². The zero-order valence-electron chi connectivity index (χ0n) is 18.1. The molecule has 4 heteroatoms. The van der Waals surface area contributed by atoms with Crippen LogP contribution in [0.5, 0.6) is 0 Å². The molecule has 150 valence electrons. The Balaban J connectivity index is 1.89. The van der Waals surface area contributed by atoms with Crippen molar-refractivity contribution in [1.29, 1.82) is 5.26 Å². The van der Waals surface area contributed by atoms with Gasteiger partial charge < -0.3 is 10.2 Å². The molecule has 0 spiro atoms. The number of benzene rings is 2. The summed E-state index contributed by atoms with van der Waals surface area (Å²) in [5.41, 5.74) is 6.38. The summed E-state index contributed by atoms with van der Waals surface area (Å²) in [6.45, 7) is 10.7. The van der Waals surface area contributed by atoms with E-state index in [1.165, 1.54) is 11.3 Å². The first-order chi connectivity index (χ1) is 13.6. The quantitative estimate of drug-likeness (QED) is 0.553. The van der Waals surface area contributed by atoms with Crippen LogP contribution < -0.4 is 10.2 Å². The molecule has 1 heterocycles. The Kier molecular flexibility index (Phi) is 5.53. The molecule has 0 saturated carbocycles. The van der Waals surface area contributed by atoms with Gasteiger partial charge in [0.25, 0.3) is 5.91 Å². The second-order valence-electron chi connectivity index (χ2n) is 8.74. The topological polar surface area (TPSA) is 56.1 Å². The molecule has 1 N–H and O–H groups in total. The lowest BCUT2D eigenvalue weighted by atomic mass is 9.80. The summed E-state index contributed by atoms with van der Waals surface area (Å²) in [4.78, 5) is 15.0. The maximum absolute atomic E-state index is 12.7. The minimum absolute atomic E-state index is 0.0991. The van der Waals surface area contributed by atoms with Gasteiger partial charge in [-0.15, -0.1) is 0 Å². The van der Waals surface area contributed by atoms with Crippen LogP contribution in [0.4, 0.5) is 11.4 Å². The summed E-state index contributed by atoms with van der Waals surface area (Å²) in [5.74, 6) is 0.0302. The van der Waals surface area contributed by atoms with Gasteiger partial charge in [-0.1, -0.05) is 30.7 Å². The van der Waals surface area contributed by atoms with E-state index in [-0.39, 0.29) is 17.0 Å². The highest BCUT2D eigenvalue weighted by atomic mass is 16.1. The van der Waals surface area contributed by atoms with Gasteiger partial charge in [0, 0.05) is 24.0 Å². The Bertz CT molecular complexity index is 1030. The molecular weight excluding hydrogens is 358 g/mol. The summed E-state index contributed by atoms with van der Waals surface area (Å²) < 4.78 is 0. The van der Waals surface area contributed by atoms with Crippen LogP contribution in [-0.4, -0.2) is 18.5 Å². The van der Waals surface area contributed by atoms with E-state index < -0.39 is 0 Å². The molecule has 0 unspecified atom stereocenters. The van der Waals surface area contributed by atoms with E-state index in [4.69, 9.17) is 0 Å². The third kappa shape index (κ3) is 4.19. The smallest absolute Gasteiger partial charge is 0.266 e. The van der Waals surface area contributed by atoms with Crippen LogP contribution in [0.25, 0.3) is 6.08 Å². The second-order valence-corrected chi connectivity index (χ2v) is 8.74. The van der Waals surface area contributed by atoms with Crippen molar-refractivity contribution in [3.8, 4) is 6.07 Å². The zero-order valence-corrected chi connectivity index (χ0v) is 18.1. The SMILES string of the molecule is Cc1ccc(NC(=O)/C(C#N)=C\c2ccc3c(c2)[C@@H](C)CC(C)(C)N3C)c(C)c1. The van der Waals surface area contributed by atoms with Crippen molar-refractivity contribution in [2.24, 2.45) is 0 Å². The Morgan fingerprint density at radius 3 is 2.62 bits per heavy atom. The van der Waals surface area contributed by atoms with Crippen LogP contribution >= 0.6 is 0 Å². The van der Waals surface area contributed by atoms with Crippen molar-refractivity contribution >= 4 is 23.4 Å². The Morgan fingerprint density at radius 1 is 1.24 bits per heavy atom. The fraction of sp³-hybridized carbons (Fsp3) is 0.360. The number of nitrogens with one attached hydrogen (secondary N) is 1. The molecular formula is C25H29N3O. The highest BCUT2D eigenvalue weighted by Crippen LogP contribution is 2.42. The fourth-order valence-corrected chi connectivity index (χ4v) is 4.14. The summed E-state index contributed by atoms with van der Waals surface area (Å²) in [6.07, 6.45) is 2.73. The number of hydrogen-bond acceptors (Lipinski definition) is 3. The van der Waals surface area contributed by atoms with Gasteiger partial charge in [-0.05, 0) is 81.0 Å². The van der Waals surface area contributed by atoms with Gasteiger partial charge in [0.2, 0.25) is 0 Å². The molecule has 1 amide bonds. The Labute approximate surface area is 173 Å². The number of nitrogens with zero attached hydrogens (tertiary/aromatic N) is 2. The molecule has 0 fully saturated rings. The normalized spacial score (nSPS) is 18.0. The van der Waals surface area contributed by atoms with E-state index in [0.717, 1.165) is 28.8 Å². The van der Waals surface area contributed by atoms with E-state index in [1.54, 1.807) is 6.08 Å². The second kappa shape index (κ2) is 7.75. The largest absolute Gasteiger partial charge is 0.369 e. The molecule has 0 aromatic heterocycles. The fourth-order valence-electron chi connectivity index (χ4n) is 4.14. The molecule has 29 heavy (non-hydrogen) atoms. The number of amides is 1.